The van der Waals surface area contributed by atoms with Crippen molar-refractivity contribution in [1.29, 1.82) is 0 Å². The molecule has 15 rings (SSSR count). The van der Waals surface area contributed by atoms with Crippen molar-refractivity contribution in [3.63, 3.8) is 0 Å². The molecule has 5 aliphatic carbocycles. The van der Waals surface area contributed by atoms with E-state index >= 15 is 19.2 Å². The summed E-state index contributed by atoms with van der Waals surface area (Å²) in [6.07, 6.45) is -38.5. The molecule has 7 heterocycles. The van der Waals surface area contributed by atoms with Gasteiger partial charge in [-0.05, 0) is 106 Å². The topological polar surface area (TPSA) is 574 Å². The minimum atomic E-state index is -3.22. The summed E-state index contributed by atoms with van der Waals surface area (Å²) in [6, 6.07) is 1.24. The van der Waals surface area contributed by atoms with Crippen molar-refractivity contribution in [3.8, 4) is 34.5 Å². The normalized spacial score (nSPS) is 43.5. The van der Waals surface area contributed by atoms with Gasteiger partial charge in [0.2, 0.25) is 23.1 Å². The molecule has 0 radical (unpaired) electrons. The Labute approximate surface area is 705 Å². The lowest BCUT2D eigenvalue weighted by Crippen LogP contribution is -2.80. The second kappa shape index (κ2) is 33.1. The molecule has 0 aromatic heterocycles. The number of ketones is 6. The molecule has 9 fully saturated rings. The van der Waals surface area contributed by atoms with Gasteiger partial charge in [-0.15, -0.1) is 0 Å². The molecule has 38 heteroatoms. The number of hydrogen-bond acceptors (Lipinski definition) is 38. The van der Waals surface area contributed by atoms with Gasteiger partial charge in [-0.1, -0.05) is 26.7 Å². The molecule has 123 heavy (non-hydrogen) atoms. The Morgan fingerprint density at radius 1 is 0.496 bits per heavy atom. The van der Waals surface area contributed by atoms with E-state index < -0.39 is 350 Å². The predicted octanol–water partition coefficient (Wildman–Crippen LogP) is 1.37. The third kappa shape index (κ3) is 13.7. The van der Waals surface area contributed by atoms with Crippen LogP contribution in [0, 0.1) is 11.8 Å². The maximum atomic E-state index is 16.4. The predicted molar refractivity (Wildman–Crippen MR) is 413 cm³/mol. The number of aliphatic hydroxyl groups excluding tert-OH is 7. The van der Waals surface area contributed by atoms with Crippen LogP contribution >= 0.6 is 0 Å². The van der Waals surface area contributed by atoms with Gasteiger partial charge in [-0.25, -0.2) is 0 Å². The standard InChI is InChI=1S/C85H112O38/c1-14-21-81(104)78(121-45-18-16-42(29(3)111-45)117-47-20-23-80(103,33(7)86)35(9)115-47)68(99)71(119-48-26-40(88)60(91)31(5)113-48)39-25-37-24-38-52(62(93)51(37)76(101)84(39,81)106)63(94)56(74(110-13)70(38)108-11)55-64(95)53-54(67(98)73(55)109-12)65(96)57-58(66(53)97)77(102)85(107)59-72(57)123-82(85,22-15-2)79(69(100)75(59)120-49-27-41(89)61(92)32(6)114-49)122-46-19-17-43(30(4)112-46)118-50-28-44(90)83(105,34(8)87)36(10)116-50/h24,29-32,35-36,39-50,59-61,68-69,71-72,75,78-79,88-94,96-97,99-100,103-107H,14-23,25-28H2,1-13H3. The van der Waals surface area contributed by atoms with Crippen molar-refractivity contribution in [2.45, 2.75) is 353 Å². The molecule has 4 bridgehead atoms. The first-order valence-electron chi connectivity index (χ1n) is 42.1. The van der Waals surface area contributed by atoms with Crippen molar-refractivity contribution in [3.05, 3.63) is 50.8 Å². The largest absolute Gasteiger partial charge is 0.507 e. The van der Waals surface area contributed by atoms with E-state index in [0.29, 0.717) is 0 Å². The number of aromatic hydroxyl groups is 4. The average molecular weight is 1740 g/mol. The van der Waals surface area contributed by atoms with Crippen LogP contribution in [0.25, 0.3) is 16.3 Å². The maximum absolute atomic E-state index is 16.4. The number of benzene rings is 3. The number of carbonyl (C=O) groups excluding carboxylic acids is 6. The first-order valence-corrected chi connectivity index (χ1v) is 42.1. The molecule has 3 aromatic carbocycles. The quantitative estimate of drug-likeness (QED) is 0.0632. The number of allylic oxidation sites excluding steroid dienone is 2. The second-order valence-electron chi connectivity index (χ2n) is 35.2. The fourth-order valence-electron chi connectivity index (χ4n) is 21.8. The summed E-state index contributed by atoms with van der Waals surface area (Å²) >= 11 is 0. The number of methoxy groups -OCH3 is 3. The fourth-order valence-corrected chi connectivity index (χ4v) is 21.8. The summed E-state index contributed by atoms with van der Waals surface area (Å²) < 4.78 is 100. The molecule has 34 atom stereocenters. The number of phenols is 4. The minimum absolute atomic E-state index is 0.0147. The Morgan fingerprint density at radius 3 is 1.54 bits per heavy atom. The smallest absolute Gasteiger partial charge is 0.232 e. The zero-order valence-electron chi connectivity index (χ0n) is 70.3. The van der Waals surface area contributed by atoms with Gasteiger partial charge in [0, 0.05) is 55.4 Å². The van der Waals surface area contributed by atoms with Crippen LogP contribution in [0.3, 0.4) is 0 Å². The van der Waals surface area contributed by atoms with Gasteiger partial charge in [0.1, 0.15) is 76.4 Å². The molecule has 7 saturated heterocycles. The molecule has 3 aromatic rings. The Morgan fingerprint density at radius 2 is 1.01 bits per heavy atom. The van der Waals surface area contributed by atoms with Crippen molar-refractivity contribution in [1.82, 2.24) is 0 Å². The first-order chi connectivity index (χ1) is 57.9. The minimum Gasteiger partial charge on any atom is -0.507 e. The lowest BCUT2D eigenvalue weighted by Gasteiger charge is -2.60. The number of rotatable bonds is 22. The van der Waals surface area contributed by atoms with Gasteiger partial charge in [0.25, 0.3) is 0 Å². The Bertz CT molecular complexity index is 4670. The van der Waals surface area contributed by atoms with Crippen molar-refractivity contribution >= 4 is 51.0 Å². The molecule has 680 valence electrons. The van der Waals surface area contributed by atoms with Gasteiger partial charge < -0.3 is 157 Å². The molecule has 16 N–H and O–H groups in total. The number of Topliss-reactive ketones (excluding diaryl/α,β-unsaturated/α-hetero) is 6. The molecule has 34 unspecified atom stereocenters. The van der Waals surface area contributed by atoms with E-state index in [0.717, 1.165) is 28.3 Å². The molecular formula is C85H112O38. The van der Waals surface area contributed by atoms with E-state index in [4.69, 9.17) is 75.8 Å². The molecule has 12 aliphatic rings. The lowest BCUT2D eigenvalue weighted by atomic mass is 9.53. The van der Waals surface area contributed by atoms with E-state index in [1.807, 2.05) is 0 Å². The van der Waals surface area contributed by atoms with Gasteiger partial charge in [-0.2, -0.15) is 0 Å². The number of ether oxygens (including phenoxy) is 16. The van der Waals surface area contributed by atoms with Gasteiger partial charge in [0.05, 0.1) is 151 Å². The zero-order chi connectivity index (χ0) is 89.4. The van der Waals surface area contributed by atoms with Gasteiger partial charge >= 0.3 is 0 Å². The summed E-state index contributed by atoms with van der Waals surface area (Å²) in [7, 11) is 3.06. The average Bonchev–Trinajstić information content (AvgIpc) is 1.52. The van der Waals surface area contributed by atoms with Crippen LogP contribution in [-0.4, -0.2) is 325 Å². The summed E-state index contributed by atoms with van der Waals surface area (Å²) in [4.78, 5) is 89.6. The van der Waals surface area contributed by atoms with Crippen molar-refractivity contribution in [2.24, 2.45) is 11.8 Å². The van der Waals surface area contributed by atoms with Crippen LogP contribution < -0.4 is 9.47 Å². The third-order valence-corrected chi connectivity index (χ3v) is 28.3. The number of hydrogen-bond donors (Lipinski definition) is 16. The van der Waals surface area contributed by atoms with E-state index in [2.05, 4.69) is 0 Å². The van der Waals surface area contributed by atoms with E-state index in [1.54, 1.807) is 34.6 Å². The monoisotopic (exact) mass is 1740 g/mol. The molecule has 7 aliphatic heterocycles. The lowest BCUT2D eigenvalue weighted by molar-refractivity contribution is -0.358. The van der Waals surface area contributed by atoms with Crippen LogP contribution in [0.1, 0.15) is 217 Å². The number of carbonyl (C=O) groups is 6. The van der Waals surface area contributed by atoms with E-state index in [-0.39, 0.29) is 75.2 Å². The molecular weight excluding hydrogens is 1630 g/mol. The van der Waals surface area contributed by atoms with Crippen LogP contribution in [0.5, 0.6) is 34.5 Å². The summed E-state index contributed by atoms with van der Waals surface area (Å²) in [5.74, 6) is -17.7. The summed E-state index contributed by atoms with van der Waals surface area (Å²) in [5.41, 5.74) is -22.3. The SMILES string of the molecule is CCCC1(O)C(OC2CCC(OC3CCC(O)(C(C)=O)C(C)O3)C(C)O2)C(O)C(OC2CC(O)C(O)C(C)O2)C2Cc3cc4c(OC)c(OC)c(C5=C(OC)C(=O)c6c(O)c7c(c(O)c6C5=O)C(=O)C5(O)C6C7OC5(CCC)C(OC5CCC(OC7CC(O)C(O)(C(C)=O)C(C)O7)C(C)O5)C(O)C6OC5CC(O)C(O)C(C)O5)c(O)c4c(O)c3C(=O)C21O. The third-order valence-electron chi connectivity index (χ3n) is 28.3. The first kappa shape index (κ1) is 91.0. The highest BCUT2D eigenvalue weighted by Crippen LogP contribution is 2.69. The van der Waals surface area contributed by atoms with Crippen molar-refractivity contribution < 1.29 is 186 Å². The molecule has 2 saturated carbocycles. The maximum Gasteiger partial charge on any atom is 0.232 e. The molecule has 0 spiro atoms. The highest BCUT2D eigenvalue weighted by atomic mass is 16.8. The molecule has 38 nitrogen and oxygen atoms in total. The van der Waals surface area contributed by atoms with Gasteiger partial charge in [-0.3, -0.25) is 28.8 Å². The Hall–Kier alpha value is -6.72. The highest BCUT2D eigenvalue weighted by molar-refractivity contribution is 6.43. The van der Waals surface area contributed by atoms with E-state index in [9.17, 15) is 91.3 Å². The van der Waals surface area contributed by atoms with Crippen LogP contribution in [0.2, 0.25) is 0 Å². The zero-order valence-corrected chi connectivity index (χ0v) is 70.3. The van der Waals surface area contributed by atoms with Crippen LogP contribution in [0.15, 0.2) is 11.8 Å². The van der Waals surface area contributed by atoms with Crippen LogP contribution in [-0.2, 0) is 82.3 Å². The second-order valence-corrected chi connectivity index (χ2v) is 35.2. The summed E-state index contributed by atoms with van der Waals surface area (Å²) in [6.45, 7) is 14.7. The van der Waals surface area contributed by atoms with E-state index in [1.165, 1.54) is 33.8 Å². The Kier molecular flexibility index (Phi) is 24.5. The van der Waals surface area contributed by atoms with Crippen molar-refractivity contribution in [2.75, 3.05) is 21.3 Å². The number of fused-ring (bicyclic) bond motifs is 6. The Balaban J connectivity index is 0.797. The van der Waals surface area contributed by atoms with Crippen LogP contribution in [0.4, 0.5) is 0 Å². The fraction of sp³-hybridized carbons (Fsp3) is 0.718. The molecule has 0 amide bonds. The number of aliphatic hydroxyl groups is 12. The summed E-state index contributed by atoms with van der Waals surface area (Å²) in [5, 5.41) is 196. The number of phenolic OH excluding ortho intramolecular Hbond substituents is 4. The highest BCUT2D eigenvalue weighted by Gasteiger charge is 2.82. The van der Waals surface area contributed by atoms with Gasteiger partial charge in [0.15, 0.2) is 83.4 Å².